The summed E-state index contributed by atoms with van der Waals surface area (Å²) in [5.74, 6) is -0.376. The summed E-state index contributed by atoms with van der Waals surface area (Å²) in [7, 11) is 0. The van der Waals surface area contributed by atoms with E-state index < -0.39 is 5.97 Å². The number of carbonyl (C=O) groups is 1. The maximum absolute atomic E-state index is 10.9. The van der Waals surface area contributed by atoms with E-state index in [1.54, 1.807) is 12.1 Å². The molecule has 1 aliphatic heterocycles. The van der Waals surface area contributed by atoms with Gasteiger partial charge in [0.05, 0.1) is 0 Å². The van der Waals surface area contributed by atoms with Crippen LogP contribution in [-0.2, 0) is 4.74 Å². The Hall–Kier alpha value is -1.62. The van der Waals surface area contributed by atoms with Crippen LogP contribution in [0.1, 0.15) is 36.7 Å². The number of aromatic nitrogens is 1. The molecular formula is C14H20N2O3. The number of pyridine rings is 1. The summed E-state index contributed by atoms with van der Waals surface area (Å²) in [5, 5.41) is 12.2. The van der Waals surface area contributed by atoms with Gasteiger partial charge in [0.25, 0.3) is 0 Å². The van der Waals surface area contributed by atoms with Crippen LogP contribution in [0.3, 0.4) is 0 Å². The van der Waals surface area contributed by atoms with E-state index >= 15 is 0 Å². The van der Waals surface area contributed by atoms with Crippen LogP contribution in [0.2, 0.25) is 0 Å². The van der Waals surface area contributed by atoms with Crippen molar-refractivity contribution in [1.29, 1.82) is 0 Å². The van der Waals surface area contributed by atoms with Crippen molar-refractivity contribution < 1.29 is 14.6 Å². The number of hydrogen-bond donors (Lipinski definition) is 2. The Bertz CT molecular complexity index is 442. The van der Waals surface area contributed by atoms with Gasteiger partial charge in [0, 0.05) is 19.8 Å². The normalized spacial score (nSPS) is 17.9. The molecule has 2 rings (SSSR count). The van der Waals surface area contributed by atoms with Gasteiger partial charge in [-0.15, -0.1) is 0 Å². The fourth-order valence-electron chi connectivity index (χ4n) is 2.39. The highest BCUT2D eigenvalue weighted by molar-refractivity contribution is 5.85. The van der Waals surface area contributed by atoms with Gasteiger partial charge >= 0.3 is 5.97 Å². The highest BCUT2D eigenvalue weighted by atomic mass is 16.5. The molecule has 1 saturated heterocycles. The van der Waals surface area contributed by atoms with E-state index in [1.807, 2.05) is 0 Å². The second-order valence-electron chi connectivity index (χ2n) is 5.03. The molecule has 0 unspecified atom stereocenters. The molecule has 0 aromatic carbocycles. The molecular weight excluding hydrogens is 244 g/mol. The summed E-state index contributed by atoms with van der Waals surface area (Å²) < 4.78 is 5.41. The third-order valence-electron chi connectivity index (χ3n) is 3.92. The average Bonchev–Trinajstić information content (AvgIpc) is 2.46. The number of nitrogens with zero attached hydrogens (tertiary/aromatic N) is 1. The highest BCUT2D eigenvalue weighted by Gasteiger charge is 2.30. The SMILES string of the molecule is CCC1(CNc2cccc(C(=O)O)n2)CCOCC1. The van der Waals surface area contributed by atoms with E-state index in [2.05, 4.69) is 17.2 Å². The molecule has 2 heterocycles. The van der Waals surface area contributed by atoms with Gasteiger partial charge in [-0.3, -0.25) is 0 Å². The largest absolute Gasteiger partial charge is 0.477 e. The highest BCUT2D eigenvalue weighted by Crippen LogP contribution is 2.33. The summed E-state index contributed by atoms with van der Waals surface area (Å²) in [5.41, 5.74) is 0.307. The van der Waals surface area contributed by atoms with Gasteiger partial charge in [0.2, 0.25) is 0 Å². The molecule has 2 N–H and O–H groups in total. The fourth-order valence-corrected chi connectivity index (χ4v) is 2.39. The second-order valence-corrected chi connectivity index (χ2v) is 5.03. The molecule has 1 aromatic heterocycles. The van der Waals surface area contributed by atoms with E-state index in [4.69, 9.17) is 9.84 Å². The first-order chi connectivity index (χ1) is 9.15. The topological polar surface area (TPSA) is 71.5 Å². The summed E-state index contributed by atoms with van der Waals surface area (Å²) in [6, 6.07) is 5.01. The maximum atomic E-state index is 10.9. The van der Waals surface area contributed by atoms with Gasteiger partial charge in [-0.25, -0.2) is 9.78 Å². The van der Waals surface area contributed by atoms with Crippen molar-refractivity contribution in [3.8, 4) is 0 Å². The van der Waals surface area contributed by atoms with Gasteiger partial charge < -0.3 is 15.2 Å². The number of ether oxygens (including phenoxy) is 1. The van der Waals surface area contributed by atoms with Crippen LogP contribution in [0.15, 0.2) is 18.2 Å². The van der Waals surface area contributed by atoms with Crippen molar-refractivity contribution in [2.45, 2.75) is 26.2 Å². The van der Waals surface area contributed by atoms with Gasteiger partial charge in [-0.2, -0.15) is 0 Å². The van der Waals surface area contributed by atoms with Gasteiger partial charge in [0.1, 0.15) is 5.82 Å². The Morgan fingerprint density at radius 1 is 1.47 bits per heavy atom. The second kappa shape index (κ2) is 6.02. The molecule has 1 aliphatic rings. The molecule has 0 bridgehead atoms. The Morgan fingerprint density at radius 3 is 2.84 bits per heavy atom. The molecule has 19 heavy (non-hydrogen) atoms. The number of hydrogen-bond acceptors (Lipinski definition) is 4. The average molecular weight is 264 g/mol. The van der Waals surface area contributed by atoms with E-state index in [0.29, 0.717) is 5.82 Å². The molecule has 1 aromatic rings. The lowest BCUT2D eigenvalue weighted by atomic mass is 9.78. The van der Waals surface area contributed by atoms with Gasteiger partial charge in [0.15, 0.2) is 5.69 Å². The van der Waals surface area contributed by atoms with Crippen LogP contribution in [-0.4, -0.2) is 35.8 Å². The molecule has 1 fully saturated rings. The minimum Gasteiger partial charge on any atom is -0.477 e. The molecule has 0 atom stereocenters. The van der Waals surface area contributed by atoms with Crippen molar-refractivity contribution >= 4 is 11.8 Å². The number of rotatable bonds is 5. The minimum absolute atomic E-state index is 0.0718. The quantitative estimate of drug-likeness (QED) is 0.854. The molecule has 5 heteroatoms. The lowest BCUT2D eigenvalue weighted by Crippen LogP contribution is -2.35. The summed E-state index contributed by atoms with van der Waals surface area (Å²) in [6.45, 7) is 4.60. The van der Waals surface area contributed by atoms with E-state index in [9.17, 15) is 4.79 Å². The smallest absolute Gasteiger partial charge is 0.354 e. The summed E-state index contributed by atoms with van der Waals surface area (Å²) >= 11 is 0. The first-order valence-corrected chi connectivity index (χ1v) is 6.67. The lowest BCUT2D eigenvalue weighted by Gasteiger charge is -2.36. The van der Waals surface area contributed by atoms with E-state index in [1.165, 1.54) is 6.07 Å². The van der Waals surface area contributed by atoms with Crippen LogP contribution in [0.25, 0.3) is 0 Å². The van der Waals surface area contributed by atoms with Crippen molar-refractivity contribution in [3.05, 3.63) is 23.9 Å². The molecule has 0 radical (unpaired) electrons. The van der Waals surface area contributed by atoms with Crippen LogP contribution in [0, 0.1) is 5.41 Å². The van der Waals surface area contributed by atoms with Crippen LogP contribution in [0.5, 0.6) is 0 Å². The number of nitrogens with one attached hydrogen (secondary N) is 1. The third kappa shape index (κ3) is 3.44. The van der Waals surface area contributed by atoms with Crippen LogP contribution >= 0.6 is 0 Å². The maximum Gasteiger partial charge on any atom is 0.354 e. The standard InChI is InChI=1S/C14H20N2O3/c1-2-14(6-8-19-9-7-14)10-15-12-5-3-4-11(16-12)13(17)18/h3-5H,2,6-10H2,1H3,(H,15,16)(H,17,18). The molecule has 0 spiro atoms. The van der Waals surface area contributed by atoms with E-state index in [-0.39, 0.29) is 11.1 Å². The monoisotopic (exact) mass is 264 g/mol. The number of carboxylic acids is 1. The Labute approximate surface area is 113 Å². The van der Waals surface area contributed by atoms with Crippen LogP contribution < -0.4 is 5.32 Å². The van der Waals surface area contributed by atoms with Crippen molar-refractivity contribution in [1.82, 2.24) is 4.98 Å². The number of carboxylic acid groups (broad SMARTS) is 1. The minimum atomic E-state index is -1.00. The first kappa shape index (κ1) is 13.8. The zero-order valence-electron chi connectivity index (χ0n) is 11.2. The van der Waals surface area contributed by atoms with Crippen LogP contribution in [0.4, 0.5) is 5.82 Å². The van der Waals surface area contributed by atoms with Gasteiger partial charge in [-0.05, 0) is 36.8 Å². The number of aromatic carboxylic acids is 1. The molecule has 5 nitrogen and oxygen atoms in total. The van der Waals surface area contributed by atoms with E-state index in [0.717, 1.165) is 39.0 Å². The van der Waals surface area contributed by atoms with Crippen molar-refractivity contribution in [2.75, 3.05) is 25.1 Å². The predicted octanol–water partition coefficient (Wildman–Crippen LogP) is 2.40. The lowest BCUT2D eigenvalue weighted by molar-refractivity contribution is 0.0191. The van der Waals surface area contributed by atoms with Crippen molar-refractivity contribution in [3.63, 3.8) is 0 Å². The summed E-state index contributed by atoms with van der Waals surface area (Å²) in [6.07, 6.45) is 3.16. The fraction of sp³-hybridized carbons (Fsp3) is 0.571. The molecule has 0 saturated carbocycles. The van der Waals surface area contributed by atoms with Gasteiger partial charge in [-0.1, -0.05) is 13.0 Å². The summed E-state index contributed by atoms with van der Waals surface area (Å²) in [4.78, 5) is 15.0. The molecule has 0 amide bonds. The molecule has 104 valence electrons. The molecule has 0 aliphatic carbocycles. The Kier molecular flexibility index (Phi) is 4.37. The predicted molar refractivity (Wildman–Crippen MR) is 72.5 cm³/mol. The number of anilines is 1. The zero-order chi connectivity index (χ0) is 13.7. The Balaban J connectivity index is 2.00. The first-order valence-electron chi connectivity index (χ1n) is 6.67. The zero-order valence-corrected chi connectivity index (χ0v) is 11.2. The Morgan fingerprint density at radius 2 is 2.21 bits per heavy atom. The van der Waals surface area contributed by atoms with Crippen molar-refractivity contribution in [2.24, 2.45) is 5.41 Å². The third-order valence-corrected chi connectivity index (χ3v) is 3.92.